The summed E-state index contributed by atoms with van der Waals surface area (Å²) in [6.07, 6.45) is 4.54. The largest absolute Gasteiger partial charge is 0.491 e. The standard InChI is InChI=1S/C30H34N6O/c1-21-17-35(28-9-5-22(16-31)30-27(28)3-2-10-32-30)19-26-20-37-29-15-25(6-4-23(29)18-36(21)26)34-13-11-33(12-14-34)24-7-8-24/h2-6,9-10,15,21,24,26H,7-8,11-14,17-20H2,1H3/t21-,26-/m1/s1. The van der Waals surface area contributed by atoms with Crippen LogP contribution in [0.2, 0.25) is 0 Å². The number of hydrogen-bond acceptors (Lipinski definition) is 7. The van der Waals surface area contributed by atoms with Gasteiger partial charge in [0.15, 0.2) is 0 Å². The molecule has 0 N–H and O–H groups in total. The monoisotopic (exact) mass is 494 g/mol. The van der Waals surface area contributed by atoms with Gasteiger partial charge < -0.3 is 14.5 Å². The Morgan fingerprint density at radius 3 is 2.65 bits per heavy atom. The molecule has 0 bridgehead atoms. The Morgan fingerprint density at radius 2 is 1.84 bits per heavy atom. The number of rotatable bonds is 3. The van der Waals surface area contributed by atoms with Crippen molar-refractivity contribution in [3.05, 3.63) is 59.8 Å². The van der Waals surface area contributed by atoms with Crippen molar-refractivity contribution in [2.45, 2.75) is 44.4 Å². The van der Waals surface area contributed by atoms with Gasteiger partial charge in [0.25, 0.3) is 0 Å². The second-order valence-corrected chi connectivity index (χ2v) is 11.1. The Kier molecular flexibility index (Phi) is 5.67. The maximum Gasteiger partial charge on any atom is 0.125 e. The molecule has 0 radical (unpaired) electrons. The van der Waals surface area contributed by atoms with E-state index in [-0.39, 0.29) is 0 Å². The highest BCUT2D eigenvalue weighted by Gasteiger charge is 2.36. The normalized spacial score (nSPS) is 24.6. The minimum atomic E-state index is 0.295. The molecule has 7 heteroatoms. The highest BCUT2D eigenvalue weighted by Crippen LogP contribution is 2.36. The average molecular weight is 495 g/mol. The third kappa shape index (κ3) is 4.18. The lowest BCUT2D eigenvalue weighted by atomic mass is 10.0. The lowest BCUT2D eigenvalue weighted by Crippen LogP contribution is -2.58. The van der Waals surface area contributed by atoms with E-state index in [1.54, 1.807) is 6.20 Å². The quantitative estimate of drug-likeness (QED) is 0.548. The molecule has 3 aromatic rings. The van der Waals surface area contributed by atoms with Gasteiger partial charge in [-0.3, -0.25) is 14.8 Å². The van der Waals surface area contributed by atoms with Gasteiger partial charge >= 0.3 is 0 Å². The Labute approximate surface area is 218 Å². The zero-order valence-corrected chi connectivity index (χ0v) is 21.5. The van der Waals surface area contributed by atoms with Gasteiger partial charge in [-0.15, -0.1) is 0 Å². The van der Waals surface area contributed by atoms with Crippen LogP contribution in [0.4, 0.5) is 11.4 Å². The van der Waals surface area contributed by atoms with Gasteiger partial charge in [-0.05, 0) is 50.1 Å². The Morgan fingerprint density at radius 1 is 0.973 bits per heavy atom. The van der Waals surface area contributed by atoms with Crippen molar-refractivity contribution in [2.24, 2.45) is 0 Å². The zero-order chi connectivity index (χ0) is 24.9. The summed E-state index contributed by atoms with van der Waals surface area (Å²) in [6, 6.07) is 18.7. The minimum absolute atomic E-state index is 0.295. The van der Waals surface area contributed by atoms with Gasteiger partial charge in [0.1, 0.15) is 18.4 Å². The highest BCUT2D eigenvalue weighted by atomic mass is 16.5. The van der Waals surface area contributed by atoms with Gasteiger partial charge in [0.2, 0.25) is 0 Å². The fourth-order valence-electron chi connectivity index (χ4n) is 6.54. The summed E-state index contributed by atoms with van der Waals surface area (Å²) < 4.78 is 6.51. The fourth-order valence-corrected chi connectivity index (χ4v) is 6.54. The number of piperazine rings is 2. The van der Waals surface area contributed by atoms with E-state index in [2.05, 4.69) is 67.9 Å². The smallest absolute Gasteiger partial charge is 0.125 e. The van der Waals surface area contributed by atoms with Crippen LogP contribution in [0.5, 0.6) is 5.75 Å². The summed E-state index contributed by atoms with van der Waals surface area (Å²) in [5.74, 6) is 1.04. The van der Waals surface area contributed by atoms with Gasteiger partial charge in [0, 0.05) is 92.5 Å². The van der Waals surface area contributed by atoms with Gasteiger partial charge in [-0.2, -0.15) is 5.26 Å². The van der Waals surface area contributed by atoms with Crippen LogP contribution >= 0.6 is 0 Å². The number of fused-ring (bicyclic) bond motifs is 3. The summed E-state index contributed by atoms with van der Waals surface area (Å²) in [7, 11) is 0. The molecule has 2 atom stereocenters. The molecule has 2 aromatic carbocycles. The molecule has 4 aliphatic rings. The molecule has 0 unspecified atom stereocenters. The number of anilines is 2. The van der Waals surface area contributed by atoms with E-state index in [0.717, 1.165) is 61.1 Å². The molecule has 7 nitrogen and oxygen atoms in total. The zero-order valence-electron chi connectivity index (χ0n) is 21.5. The van der Waals surface area contributed by atoms with Crippen molar-refractivity contribution in [1.82, 2.24) is 14.8 Å². The van der Waals surface area contributed by atoms with Crippen LogP contribution in [-0.4, -0.2) is 78.8 Å². The average Bonchev–Trinajstić information content (AvgIpc) is 3.80. The van der Waals surface area contributed by atoms with E-state index in [9.17, 15) is 5.26 Å². The molecule has 0 spiro atoms. The van der Waals surface area contributed by atoms with Crippen molar-refractivity contribution in [3.8, 4) is 11.8 Å². The van der Waals surface area contributed by atoms with Crippen LogP contribution in [-0.2, 0) is 6.54 Å². The Hall–Kier alpha value is -3.34. The lowest BCUT2D eigenvalue weighted by Gasteiger charge is -2.45. The van der Waals surface area contributed by atoms with Crippen LogP contribution in [0.3, 0.4) is 0 Å². The number of aromatic nitrogens is 1. The molecule has 37 heavy (non-hydrogen) atoms. The van der Waals surface area contributed by atoms with Gasteiger partial charge in [-0.1, -0.05) is 6.07 Å². The van der Waals surface area contributed by atoms with Crippen LogP contribution in [0.25, 0.3) is 10.9 Å². The summed E-state index contributed by atoms with van der Waals surface area (Å²) in [6.45, 7) is 10.3. The topological polar surface area (TPSA) is 58.9 Å². The Balaban J connectivity index is 1.10. The maximum absolute atomic E-state index is 9.56. The second kappa shape index (κ2) is 9.20. The number of pyridine rings is 1. The van der Waals surface area contributed by atoms with Crippen LogP contribution in [0.1, 0.15) is 30.9 Å². The maximum atomic E-state index is 9.56. The number of hydrogen-bond donors (Lipinski definition) is 0. The predicted octanol–water partition coefficient (Wildman–Crippen LogP) is 3.86. The van der Waals surface area contributed by atoms with Gasteiger partial charge in [0.05, 0.1) is 17.1 Å². The van der Waals surface area contributed by atoms with Crippen molar-refractivity contribution in [1.29, 1.82) is 5.26 Å². The second-order valence-electron chi connectivity index (χ2n) is 11.1. The third-order valence-corrected chi connectivity index (χ3v) is 8.74. The molecule has 3 fully saturated rings. The van der Waals surface area contributed by atoms with Crippen molar-refractivity contribution in [3.63, 3.8) is 0 Å². The molecule has 0 amide bonds. The molecule has 1 saturated carbocycles. The number of nitrogens with zero attached hydrogens (tertiary/aromatic N) is 6. The molecule has 2 saturated heterocycles. The van der Waals surface area contributed by atoms with E-state index in [1.165, 1.54) is 37.2 Å². The van der Waals surface area contributed by atoms with Gasteiger partial charge in [-0.25, -0.2) is 0 Å². The lowest BCUT2D eigenvalue weighted by molar-refractivity contribution is 0.0892. The molecule has 4 heterocycles. The van der Waals surface area contributed by atoms with Crippen LogP contribution in [0, 0.1) is 11.3 Å². The first kappa shape index (κ1) is 22.8. The molecular formula is C30H34N6O. The first-order valence-corrected chi connectivity index (χ1v) is 13.7. The van der Waals surface area contributed by atoms with Crippen molar-refractivity contribution < 1.29 is 4.74 Å². The molecule has 1 aliphatic carbocycles. The first-order chi connectivity index (χ1) is 18.2. The number of nitriles is 1. The number of ether oxygens (including phenoxy) is 1. The first-order valence-electron chi connectivity index (χ1n) is 13.7. The van der Waals surface area contributed by atoms with E-state index in [0.29, 0.717) is 24.3 Å². The highest BCUT2D eigenvalue weighted by molar-refractivity contribution is 5.95. The Bertz CT molecular complexity index is 1360. The van der Waals surface area contributed by atoms with Crippen molar-refractivity contribution >= 4 is 22.3 Å². The van der Waals surface area contributed by atoms with Crippen molar-refractivity contribution in [2.75, 3.05) is 55.7 Å². The predicted molar refractivity (Wildman–Crippen MR) is 146 cm³/mol. The molecular weight excluding hydrogens is 460 g/mol. The van der Waals surface area contributed by atoms with E-state index in [1.807, 2.05) is 12.1 Å². The third-order valence-electron chi connectivity index (χ3n) is 8.74. The molecule has 1 aromatic heterocycles. The number of benzene rings is 2. The van der Waals surface area contributed by atoms with E-state index >= 15 is 0 Å². The van der Waals surface area contributed by atoms with Crippen LogP contribution in [0.15, 0.2) is 48.7 Å². The molecule has 190 valence electrons. The van der Waals surface area contributed by atoms with Crippen LogP contribution < -0.4 is 14.5 Å². The summed E-state index contributed by atoms with van der Waals surface area (Å²) in [4.78, 5) is 14.8. The SMILES string of the molecule is C[C@@H]1CN(c2ccc(C#N)c3ncccc23)C[C@@H]2COc3cc(N4CCN(C5CC5)CC4)ccc3CN21. The van der Waals surface area contributed by atoms with E-state index < -0.39 is 0 Å². The summed E-state index contributed by atoms with van der Waals surface area (Å²) in [5.41, 5.74) is 5.15. The van der Waals surface area contributed by atoms with E-state index in [4.69, 9.17) is 4.74 Å². The summed E-state index contributed by atoms with van der Waals surface area (Å²) in [5, 5.41) is 10.6. The summed E-state index contributed by atoms with van der Waals surface area (Å²) >= 11 is 0. The molecule has 3 aliphatic heterocycles. The fraction of sp³-hybridized carbons (Fsp3) is 0.467. The minimum Gasteiger partial charge on any atom is -0.491 e. The molecule has 7 rings (SSSR count).